The lowest BCUT2D eigenvalue weighted by Crippen LogP contribution is -2.28. The van der Waals surface area contributed by atoms with E-state index in [2.05, 4.69) is 20.7 Å². The molecule has 2 aromatic carbocycles. The van der Waals surface area contributed by atoms with Crippen LogP contribution in [-0.2, 0) is 17.9 Å². The van der Waals surface area contributed by atoms with Crippen molar-refractivity contribution in [3.63, 3.8) is 0 Å². The largest absolute Gasteiger partial charge is 0.496 e. The lowest BCUT2D eigenvalue weighted by Gasteiger charge is -2.14. The van der Waals surface area contributed by atoms with Crippen LogP contribution in [0, 0.1) is 0 Å². The second-order valence-corrected chi connectivity index (χ2v) is 5.81. The number of tetrazole rings is 1. The molecule has 0 bridgehead atoms. The molecule has 28 heavy (non-hydrogen) atoms. The Labute approximate surface area is 162 Å². The molecule has 0 unspecified atom stereocenters. The highest BCUT2D eigenvalue weighted by Gasteiger charge is 2.14. The standard InChI is InChI=1S/C19H21N5O4/c1-26-15-10-17(28-3)16(27-2)9-14(15)11-20-18(25)12-24-22-19(21-23-24)13-7-5-4-6-8-13/h4-10H,11-12H2,1-3H3,(H,20,25). The van der Waals surface area contributed by atoms with Crippen molar-refractivity contribution in [1.82, 2.24) is 25.5 Å². The van der Waals surface area contributed by atoms with Crippen LogP contribution in [0.3, 0.4) is 0 Å². The van der Waals surface area contributed by atoms with Crippen LogP contribution in [0.1, 0.15) is 5.56 Å². The van der Waals surface area contributed by atoms with Crippen molar-refractivity contribution in [2.45, 2.75) is 13.1 Å². The fraction of sp³-hybridized carbons (Fsp3) is 0.263. The third-order valence-electron chi connectivity index (χ3n) is 4.03. The third kappa shape index (κ3) is 4.37. The molecule has 0 fully saturated rings. The molecule has 9 nitrogen and oxygen atoms in total. The highest BCUT2D eigenvalue weighted by atomic mass is 16.5. The highest BCUT2D eigenvalue weighted by Crippen LogP contribution is 2.34. The normalized spacial score (nSPS) is 10.4. The maximum Gasteiger partial charge on any atom is 0.243 e. The van der Waals surface area contributed by atoms with Gasteiger partial charge in [-0.15, -0.1) is 10.2 Å². The number of rotatable bonds is 8. The molecule has 0 aliphatic rings. The Hall–Kier alpha value is -3.62. The van der Waals surface area contributed by atoms with E-state index in [0.29, 0.717) is 23.1 Å². The number of carbonyl (C=O) groups excluding carboxylic acids is 1. The van der Waals surface area contributed by atoms with Gasteiger partial charge in [-0.1, -0.05) is 30.3 Å². The SMILES string of the molecule is COc1cc(OC)c(OC)cc1CNC(=O)Cn1nnc(-c2ccccc2)n1. The Kier molecular flexibility index (Phi) is 6.05. The van der Waals surface area contributed by atoms with Crippen molar-refractivity contribution in [1.29, 1.82) is 0 Å². The monoisotopic (exact) mass is 383 g/mol. The predicted molar refractivity (Wildman–Crippen MR) is 101 cm³/mol. The molecule has 0 saturated carbocycles. The van der Waals surface area contributed by atoms with E-state index in [4.69, 9.17) is 14.2 Å². The number of nitrogens with one attached hydrogen (secondary N) is 1. The fourth-order valence-electron chi connectivity index (χ4n) is 2.62. The van der Waals surface area contributed by atoms with Crippen LogP contribution in [0.2, 0.25) is 0 Å². The Bertz CT molecular complexity index is 943. The molecule has 0 spiro atoms. The average Bonchev–Trinajstić information content (AvgIpc) is 3.20. The first kappa shape index (κ1) is 19.2. The lowest BCUT2D eigenvalue weighted by molar-refractivity contribution is -0.122. The van der Waals surface area contributed by atoms with Crippen LogP contribution in [-0.4, -0.2) is 47.4 Å². The molecule has 1 N–H and O–H groups in total. The smallest absolute Gasteiger partial charge is 0.243 e. The summed E-state index contributed by atoms with van der Waals surface area (Å²) < 4.78 is 15.9. The van der Waals surface area contributed by atoms with Crippen molar-refractivity contribution >= 4 is 5.91 Å². The van der Waals surface area contributed by atoms with Gasteiger partial charge in [0, 0.05) is 23.7 Å². The molecule has 0 aliphatic carbocycles. The van der Waals surface area contributed by atoms with Gasteiger partial charge >= 0.3 is 0 Å². The molecule has 146 valence electrons. The zero-order valence-corrected chi connectivity index (χ0v) is 15.9. The average molecular weight is 383 g/mol. The van der Waals surface area contributed by atoms with E-state index in [1.54, 1.807) is 33.5 Å². The van der Waals surface area contributed by atoms with Gasteiger partial charge in [0.1, 0.15) is 12.3 Å². The summed E-state index contributed by atoms with van der Waals surface area (Å²) in [5.41, 5.74) is 1.59. The topological polar surface area (TPSA) is 100 Å². The number of hydrogen-bond acceptors (Lipinski definition) is 7. The molecule has 9 heteroatoms. The van der Waals surface area contributed by atoms with Crippen LogP contribution in [0.4, 0.5) is 0 Å². The quantitative estimate of drug-likeness (QED) is 0.632. The van der Waals surface area contributed by atoms with E-state index in [1.807, 2.05) is 30.3 Å². The summed E-state index contributed by atoms with van der Waals surface area (Å²) in [6.45, 7) is 0.206. The second kappa shape index (κ2) is 8.85. The Morgan fingerprint density at radius 2 is 1.68 bits per heavy atom. The van der Waals surface area contributed by atoms with Gasteiger partial charge in [0.25, 0.3) is 0 Å². The van der Waals surface area contributed by atoms with Crippen molar-refractivity contribution in [2.75, 3.05) is 21.3 Å². The molecular formula is C19H21N5O4. The Morgan fingerprint density at radius 3 is 2.36 bits per heavy atom. The Balaban J connectivity index is 1.64. The number of nitrogens with zero attached hydrogens (tertiary/aromatic N) is 4. The zero-order chi connectivity index (χ0) is 19.9. The molecule has 0 saturated heterocycles. The van der Waals surface area contributed by atoms with Gasteiger partial charge in [-0.25, -0.2) is 0 Å². The van der Waals surface area contributed by atoms with Crippen LogP contribution < -0.4 is 19.5 Å². The third-order valence-corrected chi connectivity index (χ3v) is 4.03. The molecule has 1 aromatic heterocycles. The minimum atomic E-state index is -0.256. The zero-order valence-electron chi connectivity index (χ0n) is 15.9. The van der Waals surface area contributed by atoms with Crippen LogP contribution in [0.15, 0.2) is 42.5 Å². The first-order chi connectivity index (χ1) is 13.6. The number of aromatic nitrogens is 4. The van der Waals surface area contributed by atoms with Crippen molar-refractivity contribution < 1.29 is 19.0 Å². The van der Waals surface area contributed by atoms with E-state index in [0.717, 1.165) is 11.1 Å². The maximum absolute atomic E-state index is 12.3. The molecule has 0 aliphatic heterocycles. The fourth-order valence-corrected chi connectivity index (χ4v) is 2.62. The summed E-state index contributed by atoms with van der Waals surface area (Å²) in [4.78, 5) is 13.5. The number of ether oxygens (including phenoxy) is 3. The highest BCUT2D eigenvalue weighted by molar-refractivity contribution is 5.75. The molecule has 1 heterocycles. The van der Waals surface area contributed by atoms with E-state index in [-0.39, 0.29) is 19.0 Å². The molecule has 3 aromatic rings. The van der Waals surface area contributed by atoms with Gasteiger partial charge in [-0.3, -0.25) is 4.79 Å². The maximum atomic E-state index is 12.3. The predicted octanol–water partition coefficient (Wildman–Crippen LogP) is 1.68. The van der Waals surface area contributed by atoms with Gasteiger partial charge in [0.05, 0.1) is 21.3 Å². The second-order valence-electron chi connectivity index (χ2n) is 5.81. The summed E-state index contributed by atoms with van der Waals surface area (Å²) in [5, 5.41) is 15.0. The summed E-state index contributed by atoms with van der Waals surface area (Å²) >= 11 is 0. The van der Waals surface area contributed by atoms with Gasteiger partial charge in [-0.2, -0.15) is 4.80 Å². The summed E-state index contributed by atoms with van der Waals surface area (Å²) in [5.74, 6) is 1.90. The van der Waals surface area contributed by atoms with Gasteiger partial charge in [0.2, 0.25) is 11.7 Å². The molecular weight excluding hydrogens is 362 g/mol. The Morgan fingerprint density at radius 1 is 1.00 bits per heavy atom. The number of methoxy groups -OCH3 is 3. The summed E-state index contributed by atoms with van der Waals surface area (Å²) in [7, 11) is 4.65. The van der Waals surface area contributed by atoms with E-state index >= 15 is 0 Å². The molecule has 3 rings (SSSR count). The number of amides is 1. The number of carbonyl (C=O) groups is 1. The van der Waals surface area contributed by atoms with Gasteiger partial charge in [0.15, 0.2) is 11.5 Å². The number of hydrogen-bond donors (Lipinski definition) is 1. The van der Waals surface area contributed by atoms with E-state index < -0.39 is 0 Å². The first-order valence-corrected chi connectivity index (χ1v) is 8.53. The minimum absolute atomic E-state index is 0.0462. The van der Waals surface area contributed by atoms with Crippen molar-refractivity contribution in [3.8, 4) is 28.6 Å². The van der Waals surface area contributed by atoms with E-state index in [1.165, 1.54) is 4.80 Å². The van der Waals surface area contributed by atoms with Crippen LogP contribution >= 0.6 is 0 Å². The minimum Gasteiger partial charge on any atom is -0.496 e. The van der Waals surface area contributed by atoms with Crippen molar-refractivity contribution in [2.24, 2.45) is 0 Å². The molecule has 1 amide bonds. The summed E-state index contributed by atoms with van der Waals surface area (Å²) in [6.07, 6.45) is 0. The summed E-state index contributed by atoms with van der Waals surface area (Å²) in [6, 6.07) is 12.9. The first-order valence-electron chi connectivity index (χ1n) is 8.53. The van der Waals surface area contributed by atoms with Gasteiger partial charge in [-0.05, 0) is 11.3 Å². The van der Waals surface area contributed by atoms with Crippen molar-refractivity contribution in [3.05, 3.63) is 48.0 Å². The molecule has 0 radical (unpaired) electrons. The van der Waals surface area contributed by atoms with Crippen LogP contribution in [0.5, 0.6) is 17.2 Å². The van der Waals surface area contributed by atoms with Gasteiger partial charge < -0.3 is 19.5 Å². The van der Waals surface area contributed by atoms with E-state index in [9.17, 15) is 4.79 Å². The lowest BCUT2D eigenvalue weighted by atomic mass is 10.1. The number of benzene rings is 2. The van der Waals surface area contributed by atoms with Crippen LogP contribution in [0.25, 0.3) is 11.4 Å². The molecule has 0 atom stereocenters.